The van der Waals surface area contributed by atoms with Crippen LogP contribution in [0.15, 0.2) is 48.6 Å². The molecule has 502 valence electrons. The van der Waals surface area contributed by atoms with Gasteiger partial charge in [-0.05, 0) is 77.0 Å². The predicted octanol–water partition coefficient (Wildman–Crippen LogP) is 18.2. The second-order valence-corrected chi connectivity index (χ2v) is 25.7. The number of hydrogen-bond donors (Lipinski definition) is 3. The Kier molecular flexibility index (Phi) is 58.8. The van der Waals surface area contributed by atoms with E-state index in [2.05, 4.69) is 76.3 Å². The van der Waals surface area contributed by atoms with Crippen LogP contribution in [0.1, 0.15) is 297 Å². The Morgan fingerprint density at radius 2 is 0.558 bits per heavy atom. The quantitative estimate of drug-likeness (QED) is 0.0169. The Bertz CT molecular complexity index is 1840. The van der Waals surface area contributed by atoms with Crippen LogP contribution in [0, 0.1) is 0 Å². The van der Waals surface area contributed by atoms with Crippen molar-refractivity contribution < 1.29 is 80.2 Å². The maximum atomic E-state index is 13.0. The fourth-order valence-corrected chi connectivity index (χ4v) is 10.7. The molecule has 86 heavy (non-hydrogen) atoms. The number of ether oxygens (including phenoxy) is 4. The van der Waals surface area contributed by atoms with Crippen LogP contribution in [-0.2, 0) is 65.4 Å². The van der Waals surface area contributed by atoms with Crippen molar-refractivity contribution in [3.63, 3.8) is 0 Å². The van der Waals surface area contributed by atoms with Crippen molar-refractivity contribution in [1.29, 1.82) is 0 Å². The third kappa shape index (κ3) is 60.0. The van der Waals surface area contributed by atoms with Crippen molar-refractivity contribution in [2.45, 2.75) is 316 Å². The van der Waals surface area contributed by atoms with Gasteiger partial charge in [-0.1, -0.05) is 243 Å². The number of carbonyl (C=O) groups excluding carboxylic acids is 4. The van der Waals surface area contributed by atoms with Crippen molar-refractivity contribution in [3.8, 4) is 0 Å². The highest BCUT2D eigenvalue weighted by molar-refractivity contribution is 7.47. The minimum atomic E-state index is -4.96. The molecule has 5 atom stereocenters. The first kappa shape index (κ1) is 83.0. The average Bonchev–Trinajstić information content (AvgIpc) is 3.56. The van der Waals surface area contributed by atoms with Crippen LogP contribution < -0.4 is 0 Å². The average molecular weight is 1260 g/mol. The van der Waals surface area contributed by atoms with E-state index in [0.717, 1.165) is 135 Å². The monoisotopic (exact) mass is 1260 g/mol. The van der Waals surface area contributed by atoms with Gasteiger partial charge in [-0.3, -0.25) is 37.3 Å². The van der Waals surface area contributed by atoms with E-state index in [1.54, 1.807) is 0 Å². The van der Waals surface area contributed by atoms with Crippen LogP contribution in [0.25, 0.3) is 0 Å². The molecule has 0 aromatic rings. The molecule has 0 saturated carbocycles. The van der Waals surface area contributed by atoms with E-state index in [-0.39, 0.29) is 25.7 Å². The van der Waals surface area contributed by atoms with Gasteiger partial charge in [0.1, 0.15) is 19.3 Å². The number of phosphoric acid groups is 2. The molecule has 0 spiro atoms. The molecule has 0 fully saturated rings. The fraction of sp³-hybridized carbons (Fsp3) is 0.821. The third-order valence-electron chi connectivity index (χ3n) is 14.4. The number of rotatable bonds is 64. The van der Waals surface area contributed by atoms with Gasteiger partial charge >= 0.3 is 39.5 Å². The summed E-state index contributed by atoms with van der Waals surface area (Å²) in [5.74, 6) is -2.19. The first-order valence-electron chi connectivity index (χ1n) is 33.9. The second-order valence-electron chi connectivity index (χ2n) is 22.8. The van der Waals surface area contributed by atoms with E-state index in [9.17, 15) is 43.2 Å². The summed E-state index contributed by atoms with van der Waals surface area (Å²) in [6, 6.07) is 0. The summed E-state index contributed by atoms with van der Waals surface area (Å²) in [7, 11) is -9.91. The van der Waals surface area contributed by atoms with Crippen LogP contribution in [0.5, 0.6) is 0 Å². The minimum Gasteiger partial charge on any atom is -0.462 e. The lowest BCUT2D eigenvalue weighted by Crippen LogP contribution is -2.30. The Morgan fingerprint density at radius 3 is 0.849 bits per heavy atom. The van der Waals surface area contributed by atoms with Gasteiger partial charge in [0.2, 0.25) is 0 Å². The van der Waals surface area contributed by atoms with Crippen LogP contribution >= 0.6 is 15.6 Å². The second kappa shape index (κ2) is 60.9. The molecular formula is C67H122O17P2. The van der Waals surface area contributed by atoms with Crippen molar-refractivity contribution >= 4 is 39.5 Å². The van der Waals surface area contributed by atoms with Crippen molar-refractivity contribution in [1.82, 2.24) is 0 Å². The molecule has 0 bridgehead atoms. The predicted molar refractivity (Wildman–Crippen MR) is 344 cm³/mol. The molecule has 0 aliphatic rings. The SMILES string of the molecule is CCCCCC/C=C\C=C/CCCCCCCC(=O)OC[C@H](COP(=O)(O)OC[C@@H](O)COP(=O)(O)OC[C@@H](COC(=O)CCCCCCCCC)OC(=O)CCCCCCCCCCC)OC(=O)CCCCCCC/C=C\C=C/CCCCCC. The molecule has 0 aliphatic heterocycles. The van der Waals surface area contributed by atoms with Gasteiger partial charge in [-0.15, -0.1) is 0 Å². The smallest absolute Gasteiger partial charge is 0.462 e. The van der Waals surface area contributed by atoms with Crippen LogP contribution in [0.4, 0.5) is 0 Å². The molecule has 19 heteroatoms. The lowest BCUT2D eigenvalue weighted by atomic mass is 10.1. The first-order valence-corrected chi connectivity index (χ1v) is 36.9. The topological polar surface area (TPSA) is 237 Å². The number of aliphatic hydroxyl groups is 1. The number of unbranched alkanes of at least 4 members (excludes halogenated alkanes) is 32. The summed E-state index contributed by atoms with van der Waals surface area (Å²) in [5.41, 5.74) is 0. The standard InChI is InChI=1S/C67H122O17P2/c1-5-9-13-17-21-24-26-28-30-32-34-37-40-44-48-52-65(70)78-58-63(84-67(72)54-50-46-42-38-35-33-31-29-27-25-22-18-14-10-6-2)60-82-86(75,76)80-56-61(68)55-79-85(73,74)81-59-62(57-77-64(69)51-47-43-39-20-16-12-8-4)83-66(71)53-49-45-41-36-23-19-15-11-7-3/h24-31,61-63,68H,5-23,32-60H2,1-4H3,(H,73,74)(H,75,76)/b26-24-,27-25-,30-28-,31-29-/t61-,62+,63+/m0/s1. The van der Waals surface area contributed by atoms with E-state index in [1.165, 1.54) is 83.5 Å². The van der Waals surface area contributed by atoms with E-state index >= 15 is 0 Å². The lowest BCUT2D eigenvalue weighted by molar-refractivity contribution is -0.161. The van der Waals surface area contributed by atoms with E-state index in [4.69, 9.17) is 37.0 Å². The number of allylic oxidation sites excluding steroid dienone is 8. The first-order chi connectivity index (χ1) is 41.7. The van der Waals surface area contributed by atoms with E-state index < -0.39 is 97.5 Å². The van der Waals surface area contributed by atoms with Gasteiger partial charge in [0.05, 0.1) is 26.4 Å². The molecule has 0 aromatic carbocycles. The summed E-state index contributed by atoms with van der Waals surface area (Å²) >= 11 is 0. The minimum absolute atomic E-state index is 0.0783. The number of aliphatic hydroxyl groups excluding tert-OH is 1. The Balaban J connectivity index is 5.28. The maximum Gasteiger partial charge on any atom is 0.472 e. The molecule has 0 aromatic heterocycles. The molecular weight excluding hydrogens is 1140 g/mol. The zero-order valence-corrected chi connectivity index (χ0v) is 56.0. The fourth-order valence-electron chi connectivity index (χ4n) is 9.08. The number of carbonyl (C=O) groups is 4. The summed E-state index contributed by atoms with van der Waals surface area (Å²) in [4.78, 5) is 72.1. The summed E-state index contributed by atoms with van der Waals surface area (Å²) < 4.78 is 67.9. The zero-order chi connectivity index (χ0) is 63.3. The van der Waals surface area contributed by atoms with Crippen molar-refractivity contribution in [2.24, 2.45) is 0 Å². The Hall–Kier alpha value is -2.98. The van der Waals surface area contributed by atoms with Gasteiger partial charge in [0, 0.05) is 25.7 Å². The molecule has 0 radical (unpaired) electrons. The normalized spacial score (nSPS) is 14.5. The van der Waals surface area contributed by atoms with Gasteiger partial charge in [-0.25, -0.2) is 9.13 Å². The number of phosphoric ester groups is 2. The highest BCUT2D eigenvalue weighted by Crippen LogP contribution is 2.45. The third-order valence-corrected chi connectivity index (χ3v) is 16.3. The van der Waals surface area contributed by atoms with Crippen molar-refractivity contribution in [3.05, 3.63) is 48.6 Å². The highest BCUT2D eigenvalue weighted by atomic mass is 31.2. The zero-order valence-electron chi connectivity index (χ0n) is 54.2. The van der Waals surface area contributed by atoms with Gasteiger partial charge in [0.25, 0.3) is 0 Å². The molecule has 0 heterocycles. The Morgan fingerprint density at radius 1 is 0.326 bits per heavy atom. The highest BCUT2D eigenvalue weighted by Gasteiger charge is 2.30. The Labute approximate surface area is 521 Å². The number of hydrogen-bond acceptors (Lipinski definition) is 15. The maximum absolute atomic E-state index is 13.0. The van der Waals surface area contributed by atoms with Crippen LogP contribution in [0.3, 0.4) is 0 Å². The molecule has 0 rings (SSSR count). The van der Waals surface area contributed by atoms with Crippen LogP contribution in [0.2, 0.25) is 0 Å². The van der Waals surface area contributed by atoms with Crippen molar-refractivity contribution in [2.75, 3.05) is 39.6 Å². The van der Waals surface area contributed by atoms with Gasteiger partial charge < -0.3 is 33.8 Å². The molecule has 3 N–H and O–H groups in total. The van der Waals surface area contributed by atoms with E-state index in [1.807, 2.05) is 0 Å². The summed E-state index contributed by atoms with van der Waals surface area (Å²) in [5, 5.41) is 10.5. The largest absolute Gasteiger partial charge is 0.472 e. The van der Waals surface area contributed by atoms with Gasteiger partial charge in [0.15, 0.2) is 12.2 Å². The molecule has 0 saturated heterocycles. The summed E-state index contributed by atoms with van der Waals surface area (Å²) in [6.45, 7) is 4.72. The molecule has 17 nitrogen and oxygen atoms in total. The lowest BCUT2D eigenvalue weighted by Gasteiger charge is -2.21. The number of esters is 4. The molecule has 2 unspecified atom stereocenters. The van der Waals surface area contributed by atoms with Crippen LogP contribution in [-0.4, -0.2) is 96.7 Å². The molecule has 0 amide bonds. The summed E-state index contributed by atoms with van der Waals surface area (Å²) in [6.07, 6.45) is 53.1. The molecule has 0 aliphatic carbocycles. The van der Waals surface area contributed by atoms with Gasteiger partial charge in [-0.2, -0.15) is 0 Å². The van der Waals surface area contributed by atoms with E-state index in [0.29, 0.717) is 25.7 Å².